The van der Waals surface area contributed by atoms with Gasteiger partial charge in [-0.25, -0.2) is 9.97 Å². The first-order valence-electron chi connectivity index (χ1n) is 4.67. The molecule has 0 amide bonds. The Morgan fingerprint density at radius 1 is 1.43 bits per heavy atom. The Kier molecular flexibility index (Phi) is 1.91. The van der Waals surface area contributed by atoms with Crippen molar-refractivity contribution in [1.29, 1.82) is 0 Å². The van der Waals surface area contributed by atoms with Gasteiger partial charge in [0, 0.05) is 13.2 Å². The summed E-state index contributed by atoms with van der Waals surface area (Å²) in [4.78, 5) is 8.25. The fraction of sp³-hybridized carbons (Fsp3) is 0.400. The molecule has 0 spiro atoms. The SMILES string of the molecule is CC(C)c1cn(C)c2cnc(N)nc12. The fourth-order valence-electron chi connectivity index (χ4n) is 1.62. The third kappa shape index (κ3) is 1.23. The Balaban J connectivity index is 2.79. The highest BCUT2D eigenvalue weighted by Crippen LogP contribution is 2.24. The van der Waals surface area contributed by atoms with E-state index in [1.54, 1.807) is 6.20 Å². The Morgan fingerprint density at radius 2 is 2.14 bits per heavy atom. The van der Waals surface area contributed by atoms with E-state index in [1.165, 1.54) is 5.56 Å². The number of rotatable bonds is 1. The first kappa shape index (κ1) is 8.99. The van der Waals surface area contributed by atoms with Gasteiger partial charge in [0.15, 0.2) is 0 Å². The molecule has 0 unspecified atom stereocenters. The number of anilines is 1. The van der Waals surface area contributed by atoms with Crippen LogP contribution in [-0.4, -0.2) is 14.5 Å². The Morgan fingerprint density at radius 3 is 2.79 bits per heavy atom. The summed E-state index contributed by atoms with van der Waals surface area (Å²) >= 11 is 0. The molecule has 0 atom stereocenters. The van der Waals surface area contributed by atoms with E-state index in [0.717, 1.165) is 11.0 Å². The molecule has 0 aliphatic rings. The maximum Gasteiger partial charge on any atom is 0.220 e. The normalized spacial score (nSPS) is 11.4. The molecular weight excluding hydrogens is 176 g/mol. The Labute approximate surface area is 82.8 Å². The number of hydrogen-bond donors (Lipinski definition) is 1. The lowest BCUT2D eigenvalue weighted by atomic mass is 10.1. The van der Waals surface area contributed by atoms with Gasteiger partial charge in [-0.2, -0.15) is 0 Å². The summed E-state index contributed by atoms with van der Waals surface area (Å²) < 4.78 is 2.03. The molecule has 0 aliphatic heterocycles. The molecule has 2 aromatic rings. The van der Waals surface area contributed by atoms with E-state index in [4.69, 9.17) is 5.73 Å². The highest BCUT2D eigenvalue weighted by Gasteiger charge is 2.11. The van der Waals surface area contributed by atoms with Crippen molar-refractivity contribution >= 4 is 17.0 Å². The third-order valence-corrected chi connectivity index (χ3v) is 2.40. The van der Waals surface area contributed by atoms with Gasteiger partial charge < -0.3 is 10.3 Å². The van der Waals surface area contributed by atoms with E-state index in [0.29, 0.717) is 11.9 Å². The van der Waals surface area contributed by atoms with Gasteiger partial charge in [-0.3, -0.25) is 0 Å². The molecule has 4 nitrogen and oxygen atoms in total. The molecule has 0 saturated heterocycles. The minimum absolute atomic E-state index is 0.339. The number of nitrogens with zero attached hydrogens (tertiary/aromatic N) is 3. The third-order valence-electron chi connectivity index (χ3n) is 2.40. The van der Waals surface area contributed by atoms with Crippen molar-refractivity contribution in [2.45, 2.75) is 19.8 Å². The van der Waals surface area contributed by atoms with Crippen LogP contribution in [0, 0.1) is 0 Å². The topological polar surface area (TPSA) is 56.7 Å². The number of fused-ring (bicyclic) bond motifs is 1. The molecule has 4 heteroatoms. The Bertz CT molecular complexity index is 470. The highest BCUT2D eigenvalue weighted by atomic mass is 15.0. The number of nitrogen functional groups attached to an aromatic ring is 1. The fourth-order valence-corrected chi connectivity index (χ4v) is 1.62. The van der Waals surface area contributed by atoms with Crippen molar-refractivity contribution in [3.8, 4) is 0 Å². The van der Waals surface area contributed by atoms with Crippen LogP contribution in [0.5, 0.6) is 0 Å². The molecule has 0 bridgehead atoms. The molecule has 0 aromatic carbocycles. The second-order valence-corrected chi connectivity index (χ2v) is 3.81. The van der Waals surface area contributed by atoms with Crippen molar-refractivity contribution < 1.29 is 0 Å². The molecule has 0 radical (unpaired) electrons. The largest absolute Gasteiger partial charge is 0.368 e. The molecule has 2 aromatic heterocycles. The van der Waals surface area contributed by atoms with Gasteiger partial charge in [-0.1, -0.05) is 13.8 Å². The predicted molar refractivity (Wildman–Crippen MR) is 57.0 cm³/mol. The number of aryl methyl sites for hydroxylation is 1. The maximum atomic E-state index is 5.57. The van der Waals surface area contributed by atoms with Gasteiger partial charge in [-0.05, 0) is 11.5 Å². The molecule has 2 rings (SSSR count). The monoisotopic (exact) mass is 190 g/mol. The molecular formula is C10H14N4. The summed E-state index contributed by atoms with van der Waals surface area (Å²) in [5.41, 5.74) is 8.79. The van der Waals surface area contributed by atoms with Crippen LogP contribution < -0.4 is 5.73 Å². The summed E-state index contributed by atoms with van der Waals surface area (Å²) in [6.45, 7) is 4.29. The molecule has 0 aliphatic carbocycles. The van der Waals surface area contributed by atoms with Crippen molar-refractivity contribution in [1.82, 2.24) is 14.5 Å². The van der Waals surface area contributed by atoms with Crippen LogP contribution in [-0.2, 0) is 7.05 Å². The first-order chi connectivity index (χ1) is 6.59. The zero-order valence-corrected chi connectivity index (χ0v) is 8.65. The quantitative estimate of drug-likeness (QED) is 0.744. The first-order valence-corrected chi connectivity index (χ1v) is 4.67. The van der Waals surface area contributed by atoms with E-state index in [2.05, 4.69) is 30.0 Å². The summed E-state index contributed by atoms with van der Waals surface area (Å²) in [5, 5.41) is 0. The van der Waals surface area contributed by atoms with Gasteiger partial charge in [0.25, 0.3) is 0 Å². The predicted octanol–water partition coefficient (Wildman–Crippen LogP) is 1.67. The smallest absolute Gasteiger partial charge is 0.220 e. The van der Waals surface area contributed by atoms with Crippen LogP contribution in [0.1, 0.15) is 25.3 Å². The number of hydrogen-bond acceptors (Lipinski definition) is 3. The maximum absolute atomic E-state index is 5.57. The zero-order chi connectivity index (χ0) is 10.3. The second kappa shape index (κ2) is 2.97. The van der Waals surface area contributed by atoms with E-state index in [1.807, 2.05) is 11.6 Å². The average Bonchev–Trinajstić information content (AvgIpc) is 2.43. The molecule has 0 saturated carbocycles. The van der Waals surface area contributed by atoms with Crippen LogP contribution in [0.4, 0.5) is 5.95 Å². The molecule has 2 N–H and O–H groups in total. The minimum atomic E-state index is 0.339. The lowest BCUT2D eigenvalue weighted by Gasteiger charge is -2.00. The average molecular weight is 190 g/mol. The van der Waals surface area contributed by atoms with Crippen LogP contribution in [0.25, 0.3) is 11.0 Å². The summed E-state index contributed by atoms with van der Waals surface area (Å²) in [6.07, 6.45) is 3.85. The summed E-state index contributed by atoms with van der Waals surface area (Å²) in [6, 6.07) is 0. The number of nitrogens with two attached hydrogens (primary N) is 1. The second-order valence-electron chi connectivity index (χ2n) is 3.81. The zero-order valence-electron chi connectivity index (χ0n) is 8.65. The molecule has 0 fully saturated rings. The lowest BCUT2D eigenvalue weighted by molar-refractivity contribution is 0.856. The van der Waals surface area contributed by atoms with Crippen molar-refractivity contribution in [2.75, 3.05) is 5.73 Å². The Hall–Kier alpha value is -1.58. The standard InChI is InChI=1S/C10H14N4/c1-6(2)7-5-14(3)8-4-12-10(11)13-9(7)8/h4-6H,1-3H3,(H2,11,12,13). The van der Waals surface area contributed by atoms with E-state index >= 15 is 0 Å². The van der Waals surface area contributed by atoms with Gasteiger partial charge in [-0.15, -0.1) is 0 Å². The highest BCUT2D eigenvalue weighted by molar-refractivity contribution is 5.80. The van der Waals surface area contributed by atoms with Crippen LogP contribution >= 0.6 is 0 Å². The van der Waals surface area contributed by atoms with Crippen molar-refractivity contribution in [3.63, 3.8) is 0 Å². The van der Waals surface area contributed by atoms with Crippen LogP contribution in [0.15, 0.2) is 12.4 Å². The summed E-state index contributed by atoms with van der Waals surface area (Å²) in [5.74, 6) is 0.790. The van der Waals surface area contributed by atoms with E-state index < -0.39 is 0 Å². The van der Waals surface area contributed by atoms with Gasteiger partial charge in [0.05, 0.1) is 17.2 Å². The van der Waals surface area contributed by atoms with Gasteiger partial charge in [0.1, 0.15) is 0 Å². The summed E-state index contributed by atoms with van der Waals surface area (Å²) in [7, 11) is 1.99. The molecule has 14 heavy (non-hydrogen) atoms. The number of aromatic nitrogens is 3. The van der Waals surface area contributed by atoms with Crippen molar-refractivity contribution in [3.05, 3.63) is 18.0 Å². The lowest BCUT2D eigenvalue weighted by Crippen LogP contribution is -1.95. The molecule has 2 heterocycles. The van der Waals surface area contributed by atoms with E-state index in [-0.39, 0.29) is 0 Å². The van der Waals surface area contributed by atoms with E-state index in [9.17, 15) is 0 Å². The van der Waals surface area contributed by atoms with Gasteiger partial charge >= 0.3 is 0 Å². The van der Waals surface area contributed by atoms with Crippen LogP contribution in [0.2, 0.25) is 0 Å². The minimum Gasteiger partial charge on any atom is -0.368 e. The molecule has 74 valence electrons. The van der Waals surface area contributed by atoms with Crippen molar-refractivity contribution in [2.24, 2.45) is 7.05 Å². The van der Waals surface area contributed by atoms with Crippen LogP contribution in [0.3, 0.4) is 0 Å². The van der Waals surface area contributed by atoms with Gasteiger partial charge in [0.2, 0.25) is 5.95 Å².